The van der Waals surface area contributed by atoms with Gasteiger partial charge in [-0.2, -0.15) is 0 Å². The van der Waals surface area contributed by atoms with E-state index in [9.17, 15) is 17.6 Å². The smallest absolute Gasteiger partial charge is 0.229 e. The minimum atomic E-state index is -3.36. The zero-order valence-electron chi connectivity index (χ0n) is 12.9. The molecule has 0 heterocycles. The van der Waals surface area contributed by atoms with Gasteiger partial charge in [-0.15, -0.1) is 11.8 Å². The lowest BCUT2D eigenvalue weighted by molar-refractivity contribution is 0.0994. The Morgan fingerprint density at radius 3 is 2.38 bits per heavy atom. The van der Waals surface area contributed by atoms with E-state index in [0.29, 0.717) is 16.1 Å². The topological polar surface area (TPSA) is 63.2 Å². The summed E-state index contributed by atoms with van der Waals surface area (Å²) in [5, 5.41) is -0.393. The lowest BCUT2D eigenvalue weighted by Crippen LogP contribution is -2.14. The highest BCUT2D eigenvalue weighted by Crippen LogP contribution is 2.29. The Hall–Kier alpha value is -1.57. The van der Waals surface area contributed by atoms with Gasteiger partial charge in [0.1, 0.15) is 5.82 Å². The van der Waals surface area contributed by atoms with Gasteiger partial charge in [0, 0.05) is 16.1 Å². The summed E-state index contributed by atoms with van der Waals surface area (Å²) < 4.78 is 37.8. The third kappa shape index (κ3) is 5.22. The average molecular weight is 388 g/mol. The van der Waals surface area contributed by atoms with Crippen LogP contribution < -0.4 is 4.72 Å². The molecule has 0 unspecified atom stereocenters. The monoisotopic (exact) mass is 387 g/mol. The number of thioether (sulfide) groups is 1. The molecule has 0 amide bonds. The third-order valence-electron chi connectivity index (χ3n) is 3.05. The first-order valence-corrected chi connectivity index (χ1v) is 10.0. The van der Waals surface area contributed by atoms with Gasteiger partial charge in [0.15, 0.2) is 5.78 Å². The molecule has 2 rings (SSSR count). The van der Waals surface area contributed by atoms with E-state index in [1.165, 1.54) is 36.0 Å². The molecule has 0 aliphatic carbocycles. The number of carbonyl (C=O) groups excluding carboxylic acids is 1. The zero-order chi connectivity index (χ0) is 17.9. The molecule has 0 aromatic heterocycles. The largest absolute Gasteiger partial charge is 0.293 e. The number of halogens is 2. The first-order valence-electron chi connectivity index (χ1n) is 6.89. The summed E-state index contributed by atoms with van der Waals surface area (Å²) in [6.07, 6.45) is 1.05. The van der Waals surface area contributed by atoms with Crippen molar-refractivity contribution in [3.05, 3.63) is 58.9 Å². The number of hydrogen-bond acceptors (Lipinski definition) is 4. The van der Waals surface area contributed by atoms with Crippen molar-refractivity contribution >= 4 is 44.9 Å². The van der Waals surface area contributed by atoms with Crippen molar-refractivity contribution in [3.63, 3.8) is 0 Å². The second-order valence-corrected chi connectivity index (χ2v) is 8.72. The number of benzene rings is 2. The molecule has 4 nitrogen and oxygen atoms in total. The summed E-state index contributed by atoms with van der Waals surface area (Å²) in [5.74, 6) is -0.625. The Balaban J connectivity index is 2.08. The quantitative estimate of drug-likeness (QED) is 0.595. The van der Waals surface area contributed by atoms with Crippen molar-refractivity contribution in [1.82, 2.24) is 0 Å². The summed E-state index contributed by atoms with van der Waals surface area (Å²) in [5.41, 5.74) is 0.849. The molecule has 0 saturated heterocycles. The number of ketones is 1. The predicted octanol–water partition coefficient (Wildman–Crippen LogP) is 4.21. The fraction of sp³-hybridized carbons (Fsp3) is 0.188. The van der Waals surface area contributed by atoms with Crippen molar-refractivity contribution in [3.8, 4) is 0 Å². The minimum absolute atomic E-state index is 0.0100. The van der Waals surface area contributed by atoms with Crippen molar-refractivity contribution in [1.29, 1.82) is 0 Å². The van der Waals surface area contributed by atoms with Crippen LogP contribution in [0.2, 0.25) is 5.02 Å². The van der Waals surface area contributed by atoms with Gasteiger partial charge >= 0.3 is 0 Å². The van der Waals surface area contributed by atoms with E-state index in [1.54, 1.807) is 25.1 Å². The maximum Gasteiger partial charge on any atom is 0.229 e. The van der Waals surface area contributed by atoms with Gasteiger partial charge in [0.25, 0.3) is 0 Å². The Morgan fingerprint density at radius 2 is 1.83 bits per heavy atom. The fourth-order valence-electron chi connectivity index (χ4n) is 1.96. The summed E-state index contributed by atoms with van der Waals surface area (Å²) in [6.45, 7) is 1.74. The van der Waals surface area contributed by atoms with E-state index < -0.39 is 21.1 Å². The fourth-order valence-corrected chi connectivity index (χ4v) is 3.75. The molecule has 0 spiro atoms. The molecule has 0 saturated carbocycles. The van der Waals surface area contributed by atoms with Crippen molar-refractivity contribution in [2.75, 3.05) is 11.0 Å². The van der Waals surface area contributed by atoms with Crippen LogP contribution in [0.15, 0.2) is 47.4 Å². The summed E-state index contributed by atoms with van der Waals surface area (Å²) in [7, 11) is -3.36. The van der Waals surface area contributed by atoms with Crippen LogP contribution >= 0.6 is 23.4 Å². The van der Waals surface area contributed by atoms with Crippen molar-refractivity contribution < 1.29 is 17.6 Å². The molecular weight excluding hydrogens is 373 g/mol. The van der Waals surface area contributed by atoms with E-state index >= 15 is 0 Å². The van der Waals surface area contributed by atoms with Crippen LogP contribution in [0.1, 0.15) is 17.3 Å². The zero-order valence-corrected chi connectivity index (χ0v) is 15.3. The van der Waals surface area contributed by atoms with E-state index in [1.807, 2.05) is 0 Å². The molecule has 0 aliphatic rings. The summed E-state index contributed by atoms with van der Waals surface area (Å²) in [4.78, 5) is 13.1. The Morgan fingerprint density at radius 1 is 1.21 bits per heavy atom. The van der Waals surface area contributed by atoms with Gasteiger partial charge in [-0.05, 0) is 49.4 Å². The van der Waals surface area contributed by atoms with Crippen LogP contribution in [-0.2, 0) is 10.0 Å². The van der Waals surface area contributed by atoms with E-state index in [0.717, 1.165) is 6.26 Å². The molecule has 2 aromatic carbocycles. The minimum Gasteiger partial charge on any atom is -0.293 e. The molecule has 128 valence electrons. The Bertz CT molecular complexity index is 854. The van der Waals surface area contributed by atoms with Gasteiger partial charge in [0.05, 0.1) is 16.5 Å². The van der Waals surface area contributed by atoms with Gasteiger partial charge in [0.2, 0.25) is 10.0 Å². The summed E-state index contributed by atoms with van der Waals surface area (Å²) in [6, 6.07) is 10.5. The highest BCUT2D eigenvalue weighted by molar-refractivity contribution is 8.00. The maximum atomic E-state index is 13.2. The molecule has 0 bridgehead atoms. The third-order valence-corrected chi connectivity index (χ3v) is 5.04. The van der Waals surface area contributed by atoms with Crippen LogP contribution in [0, 0.1) is 5.82 Å². The number of anilines is 1. The molecule has 1 N–H and O–H groups in total. The number of hydrogen-bond donors (Lipinski definition) is 1. The number of Topliss-reactive ketones (excluding diaryl/α,β-unsaturated/α-hetero) is 1. The van der Waals surface area contributed by atoms with Crippen LogP contribution in [0.25, 0.3) is 0 Å². The molecule has 2 aromatic rings. The normalized spacial score (nSPS) is 12.7. The van der Waals surface area contributed by atoms with Crippen LogP contribution in [0.3, 0.4) is 0 Å². The molecule has 8 heteroatoms. The van der Waals surface area contributed by atoms with E-state index in [2.05, 4.69) is 4.72 Å². The van der Waals surface area contributed by atoms with Crippen molar-refractivity contribution in [2.45, 2.75) is 17.1 Å². The number of rotatable bonds is 6. The first kappa shape index (κ1) is 18.8. The lowest BCUT2D eigenvalue weighted by atomic mass is 10.1. The lowest BCUT2D eigenvalue weighted by Gasteiger charge is -2.11. The SMILES string of the molecule is C[C@H](Sc1ccc(F)c(Cl)c1)C(=O)c1ccc(NS(C)(=O)=O)cc1. The average Bonchev–Trinajstić information content (AvgIpc) is 2.49. The highest BCUT2D eigenvalue weighted by Gasteiger charge is 2.17. The first-order chi connectivity index (χ1) is 11.2. The van der Waals surface area contributed by atoms with Crippen molar-refractivity contribution in [2.24, 2.45) is 0 Å². The van der Waals surface area contributed by atoms with Gasteiger partial charge in [-0.25, -0.2) is 12.8 Å². The van der Waals surface area contributed by atoms with E-state index in [4.69, 9.17) is 11.6 Å². The predicted molar refractivity (Wildman–Crippen MR) is 96.0 cm³/mol. The van der Waals surface area contributed by atoms with Gasteiger partial charge in [-0.3, -0.25) is 9.52 Å². The molecule has 0 aliphatic heterocycles. The molecule has 0 fully saturated rings. The molecule has 24 heavy (non-hydrogen) atoms. The van der Waals surface area contributed by atoms with Crippen LogP contribution in [0.5, 0.6) is 0 Å². The number of sulfonamides is 1. The van der Waals surface area contributed by atoms with Gasteiger partial charge < -0.3 is 0 Å². The molecule has 0 radical (unpaired) electrons. The van der Waals surface area contributed by atoms with E-state index in [-0.39, 0.29) is 10.8 Å². The number of nitrogens with one attached hydrogen (secondary N) is 1. The summed E-state index contributed by atoms with van der Waals surface area (Å²) >= 11 is 7.01. The van der Waals surface area contributed by atoms with Crippen LogP contribution in [0.4, 0.5) is 10.1 Å². The molecular formula is C16H15ClFNO3S2. The maximum absolute atomic E-state index is 13.2. The standard InChI is InChI=1S/C16H15ClFNO3S2/c1-10(23-13-7-8-15(18)14(17)9-13)16(20)11-3-5-12(6-4-11)19-24(2,21)22/h3-10,19H,1-2H3/t10-/m0/s1. The Labute approximate surface area is 149 Å². The highest BCUT2D eigenvalue weighted by atomic mass is 35.5. The number of carbonyl (C=O) groups is 1. The van der Waals surface area contributed by atoms with Gasteiger partial charge in [-0.1, -0.05) is 11.6 Å². The van der Waals surface area contributed by atoms with Crippen LogP contribution in [-0.4, -0.2) is 25.7 Å². The second kappa shape index (κ2) is 7.55. The molecule has 1 atom stereocenters. The Kier molecular flexibility index (Phi) is 5.90. The second-order valence-electron chi connectivity index (χ2n) is 5.15.